The summed E-state index contributed by atoms with van der Waals surface area (Å²) in [6.45, 7) is 3.83. The summed E-state index contributed by atoms with van der Waals surface area (Å²) in [6.07, 6.45) is 2.31. The highest BCUT2D eigenvalue weighted by Gasteiger charge is 2.12. The highest BCUT2D eigenvalue weighted by Crippen LogP contribution is 2.15. The summed E-state index contributed by atoms with van der Waals surface area (Å²) in [5.74, 6) is 0.0927. The molecule has 23 heavy (non-hydrogen) atoms. The minimum atomic E-state index is -0.332. The van der Waals surface area contributed by atoms with Crippen molar-refractivity contribution in [2.75, 3.05) is 5.32 Å². The van der Waals surface area contributed by atoms with Gasteiger partial charge in [0.15, 0.2) is 0 Å². The van der Waals surface area contributed by atoms with Crippen molar-refractivity contribution in [3.63, 3.8) is 0 Å². The first-order valence-electron chi connectivity index (χ1n) is 7.26. The van der Waals surface area contributed by atoms with Crippen molar-refractivity contribution in [2.45, 2.75) is 26.7 Å². The molecule has 0 fully saturated rings. The summed E-state index contributed by atoms with van der Waals surface area (Å²) in [4.78, 5) is 20.5. The molecule has 3 aromatic rings. The quantitative estimate of drug-likeness (QED) is 0.803. The van der Waals surface area contributed by atoms with Gasteiger partial charge in [0.05, 0.1) is 0 Å². The molecule has 3 rings (SSSR count). The number of nitrogens with one attached hydrogen (secondary N) is 1. The van der Waals surface area contributed by atoms with Crippen molar-refractivity contribution in [1.82, 2.24) is 19.6 Å². The van der Waals surface area contributed by atoms with E-state index in [-0.39, 0.29) is 11.7 Å². The molecule has 0 radical (unpaired) electrons. The van der Waals surface area contributed by atoms with Gasteiger partial charge < -0.3 is 5.32 Å². The number of benzene rings is 1. The van der Waals surface area contributed by atoms with E-state index in [1.54, 1.807) is 4.52 Å². The molecule has 1 N–H and O–H groups in total. The molecule has 0 aliphatic rings. The van der Waals surface area contributed by atoms with Gasteiger partial charge in [0, 0.05) is 23.5 Å². The summed E-state index contributed by atoms with van der Waals surface area (Å²) in [5.41, 5.74) is 3.34. The van der Waals surface area contributed by atoms with E-state index in [1.165, 1.54) is 30.6 Å². The number of aromatic nitrogens is 4. The second-order valence-corrected chi connectivity index (χ2v) is 5.29. The van der Waals surface area contributed by atoms with Crippen LogP contribution in [0.1, 0.15) is 23.4 Å². The Kier molecular flexibility index (Phi) is 4.01. The van der Waals surface area contributed by atoms with Crippen LogP contribution in [0, 0.1) is 19.7 Å². The number of halogens is 1. The number of carbonyl (C=O) groups excluding carboxylic acids is 1. The van der Waals surface area contributed by atoms with Gasteiger partial charge in [0.2, 0.25) is 5.91 Å². The van der Waals surface area contributed by atoms with E-state index in [1.807, 2.05) is 13.8 Å². The van der Waals surface area contributed by atoms with Crippen LogP contribution in [0.25, 0.3) is 5.78 Å². The van der Waals surface area contributed by atoms with Crippen molar-refractivity contribution in [2.24, 2.45) is 0 Å². The molecule has 7 heteroatoms. The predicted octanol–water partition coefficient (Wildman–Crippen LogP) is 2.45. The molecular weight excluding hydrogens is 297 g/mol. The van der Waals surface area contributed by atoms with Gasteiger partial charge in [0.1, 0.15) is 12.1 Å². The Morgan fingerprint density at radius 1 is 1.26 bits per heavy atom. The lowest BCUT2D eigenvalue weighted by atomic mass is 10.1. The molecule has 0 atom stereocenters. The van der Waals surface area contributed by atoms with Crippen molar-refractivity contribution >= 4 is 17.4 Å². The number of aryl methyl sites for hydroxylation is 2. The Morgan fingerprint density at radius 2 is 2.00 bits per heavy atom. The lowest BCUT2D eigenvalue weighted by Crippen LogP contribution is -2.14. The molecule has 2 heterocycles. The average Bonchev–Trinajstić information content (AvgIpc) is 2.98. The minimum Gasteiger partial charge on any atom is -0.326 e. The van der Waals surface area contributed by atoms with Crippen molar-refractivity contribution in [1.29, 1.82) is 0 Å². The maximum Gasteiger partial charge on any atom is 0.252 e. The van der Waals surface area contributed by atoms with Gasteiger partial charge in [-0.15, -0.1) is 0 Å². The number of fused-ring (bicyclic) bond motifs is 1. The molecule has 0 saturated heterocycles. The third-order valence-electron chi connectivity index (χ3n) is 3.72. The van der Waals surface area contributed by atoms with Crippen LogP contribution in [0.5, 0.6) is 0 Å². The molecule has 118 valence electrons. The van der Waals surface area contributed by atoms with Gasteiger partial charge in [0.25, 0.3) is 5.78 Å². The molecule has 6 nitrogen and oxygen atoms in total. The maximum atomic E-state index is 12.9. The third-order valence-corrected chi connectivity index (χ3v) is 3.72. The van der Waals surface area contributed by atoms with Crippen molar-refractivity contribution in [3.05, 3.63) is 53.4 Å². The molecule has 0 bridgehead atoms. The fourth-order valence-corrected chi connectivity index (χ4v) is 2.51. The Balaban J connectivity index is 1.70. The van der Waals surface area contributed by atoms with E-state index in [9.17, 15) is 9.18 Å². The third kappa shape index (κ3) is 3.18. The predicted molar refractivity (Wildman–Crippen MR) is 83.6 cm³/mol. The topological polar surface area (TPSA) is 72.2 Å². The molecule has 2 aromatic heterocycles. The normalized spacial score (nSPS) is 10.9. The van der Waals surface area contributed by atoms with E-state index in [2.05, 4.69) is 20.4 Å². The average molecular weight is 313 g/mol. The fourth-order valence-electron chi connectivity index (χ4n) is 2.51. The number of carbonyl (C=O) groups is 1. The van der Waals surface area contributed by atoms with Gasteiger partial charge in [-0.1, -0.05) is 0 Å². The number of anilines is 1. The van der Waals surface area contributed by atoms with Gasteiger partial charge >= 0.3 is 0 Å². The Labute approximate surface area is 132 Å². The first kappa shape index (κ1) is 15.1. The van der Waals surface area contributed by atoms with E-state index in [0.717, 1.165) is 17.0 Å². The standard InChI is InChI=1S/C16H16FN5O/c1-10-14(11(2)22-16(20-10)18-9-19-22)7-8-15(23)21-13-5-3-12(17)4-6-13/h3-6,9H,7-8H2,1-2H3,(H,21,23). The molecular formula is C16H16FN5O. The smallest absolute Gasteiger partial charge is 0.252 e. The molecule has 0 aliphatic heterocycles. The van der Waals surface area contributed by atoms with E-state index in [4.69, 9.17) is 0 Å². The first-order valence-corrected chi connectivity index (χ1v) is 7.26. The lowest BCUT2D eigenvalue weighted by molar-refractivity contribution is -0.116. The Hall–Kier alpha value is -2.83. The summed E-state index contributed by atoms with van der Waals surface area (Å²) in [5, 5.41) is 6.88. The number of hydrogen-bond acceptors (Lipinski definition) is 4. The highest BCUT2D eigenvalue weighted by atomic mass is 19.1. The molecule has 0 unspecified atom stereocenters. The van der Waals surface area contributed by atoms with Crippen LogP contribution >= 0.6 is 0 Å². The molecule has 0 spiro atoms. The lowest BCUT2D eigenvalue weighted by Gasteiger charge is -2.10. The highest BCUT2D eigenvalue weighted by molar-refractivity contribution is 5.90. The second kappa shape index (κ2) is 6.12. The molecule has 0 saturated carbocycles. The van der Waals surface area contributed by atoms with Crippen LogP contribution in [-0.4, -0.2) is 25.5 Å². The SMILES string of the molecule is Cc1nc2ncnn2c(C)c1CCC(=O)Nc1ccc(F)cc1. The van der Waals surface area contributed by atoms with Crippen LogP contribution in [0.2, 0.25) is 0 Å². The zero-order chi connectivity index (χ0) is 16.4. The summed E-state index contributed by atoms with van der Waals surface area (Å²) < 4.78 is 14.5. The van der Waals surface area contributed by atoms with Gasteiger partial charge in [-0.05, 0) is 50.1 Å². The number of hydrogen-bond donors (Lipinski definition) is 1. The summed E-state index contributed by atoms with van der Waals surface area (Å²) in [6, 6.07) is 5.69. The first-order chi connectivity index (χ1) is 11.0. The zero-order valence-electron chi connectivity index (χ0n) is 12.9. The number of amides is 1. The van der Waals surface area contributed by atoms with Crippen molar-refractivity contribution < 1.29 is 9.18 Å². The van der Waals surface area contributed by atoms with Gasteiger partial charge in [-0.25, -0.2) is 13.9 Å². The minimum absolute atomic E-state index is 0.130. The van der Waals surface area contributed by atoms with Crippen LogP contribution in [0.3, 0.4) is 0 Å². The maximum absolute atomic E-state index is 12.9. The number of rotatable bonds is 4. The van der Waals surface area contributed by atoms with Gasteiger partial charge in [-0.3, -0.25) is 4.79 Å². The van der Waals surface area contributed by atoms with E-state index >= 15 is 0 Å². The molecule has 1 aromatic carbocycles. The largest absolute Gasteiger partial charge is 0.326 e. The van der Waals surface area contributed by atoms with E-state index in [0.29, 0.717) is 24.3 Å². The van der Waals surface area contributed by atoms with Crippen LogP contribution < -0.4 is 5.32 Å². The molecule has 1 amide bonds. The van der Waals surface area contributed by atoms with Crippen molar-refractivity contribution in [3.8, 4) is 0 Å². The number of nitrogens with zero attached hydrogens (tertiary/aromatic N) is 4. The van der Waals surface area contributed by atoms with E-state index < -0.39 is 0 Å². The summed E-state index contributed by atoms with van der Waals surface area (Å²) >= 11 is 0. The molecule has 0 aliphatic carbocycles. The fraction of sp³-hybridized carbons (Fsp3) is 0.250. The van der Waals surface area contributed by atoms with Crippen LogP contribution in [-0.2, 0) is 11.2 Å². The Morgan fingerprint density at radius 3 is 2.74 bits per heavy atom. The summed E-state index contributed by atoms with van der Waals surface area (Å²) in [7, 11) is 0. The monoisotopic (exact) mass is 313 g/mol. The van der Waals surface area contributed by atoms with Crippen LogP contribution in [0.15, 0.2) is 30.6 Å². The second-order valence-electron chi connectivity index (χ2n) is 5.29. The Bertz CT molecular complexity index is 857. The van der Waals surface area contributed by atoms with Crippen LogP contribution in [0.4, 0.5) is 10.1 Å². The van der Waals surface area contributed by atoms with Gasteiger partial charge in [-0.2, -0.15) is 10.1 Å². The zero-order valence-corrected chi connectivity index (χ0v) is 12.9.